The van der Waals surface area contributed by atoms with Gasteiger partial charge >= 0.3 is 5.97 Å². The molecule has 4 rings (SSSR count). The van der Waals surface area contributed by atoms with E-state index in [1.54, 1.807) is 14.2 Å². The molecule has 0 bridgehead atoms. The van der Waals surface area contributed by atoms with E-state index in [4.69, 9.17) is 14.2 Å². The van der Waals surface area contributed by atoms with Crippen molar-refractivity contribution >= 4 is 5.97 Å². The molecule has 1 unspecified atom stereocenters. The first-order chi connectivity index (χ1) is 15.3. The van der Waals surface area contributed by atoms with Gasteiger partial charge < -0.3 is 23.9 Å². The minimum Gasteiger partial charge on any atom is -0.493 e. The van der Waals surface area contributed by atoms with Gasteiger partial charge in [-0.25, -0.2) is 4.79 Å². The third-order valence-electron chi connectivity index (χ3n) is 6.89. The highest BCUT2D eigenvalue weighted by atomic mass is 16.5. The lowest BCUT2D eigenvalue weighted by Crippen LogP contribution is -2.40. The fourth-order valence-corrected chi connectivity index (χ4v) is 5.44. The van der Waals surface area contributed by atoms with E-state index in [1.165, 1.54) is 12.3 Å². The quantitative estimate of drug-likeness (QED) is 0.637. The number of methoxy groups -OCH3 is 2. The van der Waals surface area contributed by atoms with Crippen molar-refractivity contribution in [1.29, 1.82) is 0 Å². The Morgan fingerprint density at radius 3 is 2.66 bits per heavy atom. The molecule has 1 aliphatic carbocycles. The minimum atomic E-state index is -1.20. The second kappa shape index (κ2) is 8.62. The van der Waals surface area contributed by atoms with Crippen molar-refractivity contribution in [2.75, 3.05) is 27.4 Å². The van der Waals surface area contributed by atoms with Gasteiger partial charge in [0.15, 0.2) is 16.9 Å². The van der Waals surface area contributed by atoms with E-state index < -0.39 is 11.4 Å². The molecule has 2 heterocycles. The van der Waals surface area contributed by atoms with E-state index in [9.17, 15) is 14.7 Å². The van der Waals surface area contributed by atoms with Crippen molar-refractivity contribution in [2.24, 2.45) is 5.41 Å². The molecule has 1 saturated carbocycles. The van der Waals surface area contributed by atoms with Crippen LogP contribution in [0.25, 0.3) is 11.3 Å². The van der Waals surface area contributed by atoms with Gasteiger partial charge in [-0.2, -0.15) is 0 Å². The molecule has 1 fully saturated rings. The maximum absolute atomic E-state index is 12.6. The van der Waals surface area contributed by atoms with Gasteiger partial charge in [0.2, 0.25) is 0 Å². The number of carbonyl (C=O) groups is 1. The smallest absolute Gasteiger partial charge is 0.341 e. The first kappa shape index (κ1) is 22.4. The van der Waals surface area contributed by atoms with Gasteiger partial charge in [0.25, 0.3) is 0 Å². The molecule has 1 aromatic carbocycles. The zero-order valence-electron chi connectivity index (χ0n) is 19.1. The fraction of sp³-hybridized carbons (Fsp3) is 0.520. The third kappa shape index (κ3) is 3.79. The number of carboxylic acids is 1. The van der Waals surface area contributed by atoms with Crippen molar-refractivity contribution < 1.29 is 24.1 Å². The number of aromatic nitrogens is 1. The topological polar surface area (TPSA) is 87.0 Å². The standard InChI is InChI=1S/C25H31NO6/c1-25(2)8-5-7-15-16-11-22(32-10-6-9-30-3)21(31-4)12-17(16)19-13-20(27)18(24(28)29)14-26(19)23(15)25/h11-15,23H,5-10H2,1-4H3,(H,28,29)/t15?,23-/m0/s1. The number of nitrogens with zero attached hydrogens (tertiary/aromatic N) is 1. The Morgan fingerprint density at radius 1 is 1.19 bits per heavy atom. The molecule has 2 atom stereocenters. The van der Waals surface area contributed by atoms with Gasteiger partial charge in [0.05, 0.1) is 19.4 Å². The van der Waals surface area contributed by atoms with E-state index in [1.807, 2.05) is 10.6 Å². The van der Waals surface area contributed by atoms with Gasteiger partial charge in [0, 0.05) is 49.9 Å². The highest BCUT2D eigenvalue weighted by Gasteiger charge is 2.45. The number of rotatable bonds is 7. The Hall–Kier alpha value is -2.80. The minimum absolute atomic E-state index is 0.0483. The monoisotopic (exact) mass is 441 g/mol. The lowest BCUT2D eigenvalue weighted by molar-refractivity contribution is 0.0691. The van der Waals surface area contributed by atoms with Gasteiger partial charge in [-0.1, -0.05) is 20.3 Å². The number of aromatic carboxylic acids is 1. The number of fused-ring (bicyclic) bond motifs is 6. The molecular formula is C25H31NO6. The number of hydrogen-bond acceptors (Lipinski definition) is 5. The number of ether oxygens (including phenoxy) is 3. The molecule has 0 amide bonds. The molecule has 1 aromatic heterocycles. The molecule has 1 aliphatic heterocycles. The SMILES string of the molecule is COCCCOc1cc2c(cc1OC)-c1cc(=O)c(C(=O)O)cn1[C@H]1C2CCCC1(C)C. The number of carboxylic acid groups (broad SMARTS) is 1. The van der Waals surface area contributed by atoms with Gasteiger partial charge in [-0.3, -0.25) is 4.79 Å². The zero-order valence-corrected chi connectivity index (χ0v) is 19.1. The van der Waals surface area contributed by atoms with Crippen LogP contribution in [0.15, 0.2) is 29.2 Å². The summed E-state index contributed by atoms with van der Waals surface area (Å²) in [5, 5.41) is 9.57. The number of benzene rings is 1. The molecule has 172 valence electrons. The van der Waals surface area contributed by atoms with Crippen LogP contribution in [0.1, 0.15) is 67.4 Å². The van der Waals surface area contributed by atoms with Crippen LogP contribution in [0.5, 0.6) is 11.5 Å². The van der Waals surface area contributed by atoms with Crippen LogP contribution < -0.4 is 14.9 Å². The maximum atomic E-state index is 12.6. The average molecular weight is 442 g/mol. The summed E-state index contributed by atoms with van der Waals surface area (Å²) in [5.41, 5.74) is 2.03. The normalized spacial score (nSPS) is 20.6. The maximum Gasteiger partial charge on any atom is 0.341 e. The van der Waals surface area contributed by atoms with Crippen molar-refractivity contribution in [3.05, 3.63) is 45.7 Å². The Balaban J connectivity index is 1.90. The predicted octanol–water partition coefficient (Wildman–Crippen LogP) is 4.49. The van der Waals surface area contributed by atoms with Crippen LogP contribution in [0.4, 0.5) is 0 Å². The van der Waals surface area contributed by atoms with Crippen LogP contribution >= 0.6 is 0 Å². The first-order valence-electron chi connectivity index (χ1n) is 11.1. The van der Waals surface area contributed by atoms with E-state index in [-0.39, 0.29) is 22.9 Å². The summed E-state index contributed by atoms with van der Waals surface area (Å²) in [5.74, 6) is 0.273. The van der Waals surface area contributed by atoms with E-state index >= 15 is 0 Å². The summed E-state index contributed by atoms with van der Waals surface area (Å²) in [4.78, 5) is 24.3. The highest BCUT2D eigenvalue weighted by Crippen LogP contribution is 2.57. The van der Waals surface area contributed by atoms with Crippen LogP contribution in [-0.4, -0.2) is 43.1 Å². The van der Waals surface area contributed by atoms with Crippen molar-refractivity contribution in [2.45, 2.75) is 51.5 Å². The van der Waals surface area contributed by atoms with Gasteiger partial charge in [-0.05, 0) is 36.0 Å². The van der Waals surface area contributed by atoms with Crippen LogP contribution in [-0.2, 0) is 4.74 Å². The second-order valence-electron chi connectivity index (χ2n) is 9.37. The van der Waals surface area contributed by atoms with E-state index in [0.717, 1.165) is 42.5 Å². The Morgan fingerprint density at radius 2 is 1.97 bits per heavy atom. The van der Waals surface area contributed by atoms with Crippen LogP contribution in [0.2, 0.25) is 0 Å². The van der Waals surface area contributed by atoms with E-state index in [2.05, 4.69) is 19.9 Å². The van der Waals surface area contributed by atoms with Crippen LogP contribution in [0, 0.1) is 5.41 Å². The first-order valence-corrected chi connectivity index (χ1v) is 11.1. The number of hydrogen-bond donors (Lipinski definition) is 1. The Bertz CT molecular complexity index is 1090. The molecule has 1 N–H and O–H groups in total. The molecule has 2 aromatic rings. The zero-order chi connectivity index (χ0) is 23.0. The molecular weight excluding hydrogens is 410 g/mol. The van der Waals surface area contributed by atoms with Crippen molar-refractivity contribution in [3.63, 3.8) is 0 Å². The summed E-state index contributed by atoms with van der Waals surface area (Å²) >= 11 is 0. The Labute approximate surface area is 187 Å². The Kier molecular flexibility index (Phi) is 6.03. The van der Waals surface area contributed by atoms with Crippen molar-refractivity contribution in [1.82, 2.24) is 4.57 Å². The third-order valence-corrected chi connectivity index (χ3v) is 6.89. The second-order valence-corrected chi connectivity index (χ2v) is 9.37. The average Bonchev–Trinajstić information content (AvgIpc) is 2.75. The predicted molar refractivity (Wildman–Crippen MR) is 121 cm³/mol. The lowest BCUT2D eigenvalue weighted by atomic mass is 9.63. The van der Waals surface area contributed by atoms with Crippen molar-refractivity contribution in [3.8, 4) is 22.8 Å². The number of pyridine rings is 1. The summed E-state index contributed by atoms with van der Waals surface area (Å²) in [6.07, 6.45) is 5.42. The van der Waals surface area contributed by atoms with Crippen LogP contribution in [0.3, 0.4) is 0 Å². The molecule has 2 aliphatic rings. The summed E-state index contributed by atoms with van der Waals surface area (Å²) in [6.45, 7) is 5.58. The van der Waals surface area contributed by atoms with Gasteiger partial charge in [-0.15, -0.1) is 0 Å². The molecule has 0 spiro atoms. The lowest BCUT2D eigenvalue weighted by Gasteiger charge is -2.49. The van der Waals surface area contributed by atoms with Gasteiger partial charge in [0.1, 0.15) is 5.56 Å². The molecule has 32 heavy (non-hydrogen) atoms. The highest BCUT2D eigenvalue weighted by molar-refractivity contribution is 5.88. The summed E-state index contributed by atoms with van der Waals surface area (Å²) in [7, 11) is 3.26. The summed E-state index contributed by atoms with van der Waals surface area (Å²) < 4.78 is 18.8. The molecule has 0 saturated heterocycles. The summed E-state index contributed by atoms with van der Waals surface area (Å²) in [6, 6.07) is 5.48. The molecule has 7 heteroatoms. The fourth-order valence-electron chi connectivity index (χ4n) is 5.44. The molecule has 0 radical (unpaired) electrons. The van der Waals surface area contributed by atoms with E-state index in [0.29, 0.717) is 24.7 Å². The largest absolute Gasteiger partial charge is 0.493 e. The molecule has 7 nitrogen and oxygen atoms in total.